The summed E-state index contributed by atoms with van der Waals surface area (Å²) in [4.78, 5) is 17.0. The van der Waals surface area contributed by atoms with Gasteiger partial charge in [-0.25, -0.2) is 4.98 Å². The maximum Gasteiger partial charge on any atom is 0.284 e. The van der Waals surface area contributed by atoms with Gasteiger partial charge in [0, 0.05) is 27.4 Å². The van der Waals surface area contributed by atoms with Gasteiger partial charge in [0.2, 0.25) is 0 Å². The number of nitrogens with zero attached hydrogens (tertiary/aromatic N) is 1. The molecule has 1 aromatic heterocycles. The molecule has 8 heteroatoms. The van der Waals surface area contributed by atoms with E-state index >= 15 is 0 Å². The minimum Gasteiger partial charge on any atom is -0.496 e. The van der Waals surface area contributed by atoms with Crippen LogP contribution in [-0.2, 0) is 0 Å². The van der Waals surface area contributed by atoms with Crippen LogP contribution in [0.15, 0.2) is 63.4 Å². The van der Waals surface area contributed by atoms with E-state index in [1.807, 2.05) is 36.4 Å². The first-order valence-corrected chi connectivity index (χ1v) is 9.72. The van der Waals surface area contributed by atoms with Crippen LogP contribution >= 0.6 is 39.2 Å². The molecule has 3 rings (SSSR count). The highest BCUT2D eigenvalue weighted by Crippen LogP contribution is 2.33. The van der Waals surface area contributed by atoms with Gasteiger partial charge < -0.3 is 14.8 Å². The first-order chi connectivity index (χ1) is 12.2. The smallest absolute Gasteiger partial charge is 0.284 e. The largest absolute Gasteiger partial charge is 0.496 e. The predicted octanol–water partition coefficient (Wildman–Crippen LogP) is 5.29. The van der Waals surface area contributed by atoms with E-state index in [2.05, 4.69) is 31.0 Å². The number of thiazole rings is 1. The quantitative estimate of drug-likeness (QED) is 0.515. The molecule has 0 radical (unpaired) electrons. The van der Waals surface area contributed by atoms with E-state index in [-0.39, 0.29) is 5.91 Å². The van der Waals surface area contributed by atoms with E-state index in [1.165, 1.54) is 23.3 Å². The predicted molar refractivity (Wildman–Crippen MR) is 107 cm³/mol. The Balaban J connectivity index is 1.73. The number of rotatable bonds is 6. The zero-order valence-corrected chi connectivity index (χ0v) is 16.4. The summed E-state index contributed by atoms with van der Waals surface area (Å²) >= 11 is 6.13. The van der Waals surface area contributed by atoms with Crippen molar-refractivity contribution in [1.82, 2.24) is 4.98 Å². The van der Waals surface area contributed by atoms with Crippen molar-refractivity contribution >= 4 is 56.5 Å². The summed E-state index contributed by atoms with van der Waals surface area (Å²) in [7, 11) is 1.62. The molecular formula is C17H14BrN3O2S2. The topological polar surface area (TPSA) is 63.2 Å². The summed E-state index contributed by atoms with van der Waals surface area (Å²) in [6.45, 7) is 0. The molecule has 3 aromatic rings. The molecule has 0 atom stereocenters. The van der Waals surface area contributed by atoms with Crippen molar-refractivity contribution < 1.29 is 9.53 Å². The molecule has 2 aromatic carbocycles. The van der Waals surface area contributed by atoms with E-state index in [0.29, 0.717) is 10.7 Å². The summed E-state index contributed by atoms with van der Waals surface area (Å²) in [5, 5.41) is 5.05. The monoisotopic (exact) mass is 435 g/mol. The number of benzene rings is 2. The number of methoxy groups -OCH3 is 1. The van der Waals surface area contributed by atoms with Crippen molar-refractivity contribution in [1.29, 1.82) is 0 Å². The van der Waals surface area contributed by atoms with E-state index in [0.717, 1.165) is 20.8 Å². The molecule has 5 nitrogen and oxygen atoms in total. The highest BCUT2D eigenvalue weighted by atomic mass is 79.9. The third kappa shape index (κ3) is 4.75. The standard InChI is InChI=1S/C17H14BrN3O2S2/c1-23-14-7-6-13(20-16(22)17-19-8-9-24-17)10-15(14)25-21-12-4-2-11(18)3-5-12/h2-10,21H,1H3,(H,20,22). The second-order valence-electron chi connectivity index (χ2n) is 4.87. The minimum absolute atomic E-state index is 0.225. The molecule has 0 unspecified atom stereocenters. The Morgan fingerprint density at radius 1 is 1.20 bits per heavy atom. The van der Waals surface area contributed by atoms with Gasteiger partial charge in [-0.15, -0.1) is 11.3 Å². The van der Waals surface area contributed by atoms with Crippen molar-refractivity contribution in [2.45, 2.75) is 4.90 Å². The maximum absolute atomic E-state index is 12.1. The molecule has 0 aliphatic rings. The third-order valence-electron chi connectivity index (χ3n) is 3.17. The lowest BCUT2D eigenvalue weighted by Crippen LogP contribution is -2.11. The van der Waals surface area contributed by atoms with Gasteiger partial charge in [-0.2, -0.15) is 0 Å². The zero-order valence-electron chi connectivity index (χ0n) is 13.2. The normalized spacial score (nSPS) is 10.3. The molecule has 0 fully saturated rings. The van der Waals surface area contributed by atoms with Crippen molar-refractivity contribution in [3.63, 3.8) is 0 Å². The van der Waals surface area contributed by atoms with Gasteiger partial charge in [0.1, 0.15) is 5.75 Å². The van der Waals surface area contributed by atoms with Gasteiger partial charge in [0.15, 0.2) is 5.01 Å². The Bertz CT molecular complexity index is 855. The van der Waals surface area contributed by atoms with Crippen molar-refractivity contribution in [3.8, 4) is 5.75 Å². The summed E-state index contributed by atoms with van der Waals surface area (Å²) < 4.78 is 9.68. The maximum atomic E-state index is 12.1. The summed E-state index contributed by atoms with van der Waals surface area (Å²) in [5.41, 5.74) is 1.65. The van der Waals surface area contributed by atoms with Crippen LogP contribution in [0.1, 0.15) is 9.80 Å². The Hall–Kier alpha value is -2.03. The van der Waals surface area contributed by atoms with E-state index in [1.54, 1.807) is 24.8 Å². The van der Waals surface area contributed by atoms with Crippen LogP contribution in [0.4, 0.5) is 11.4 Å². The van der Waals surface area contributed by atoms with Crippen molar-refractivity contribution in [3.05, 3.63) is 63.5 Å². The Kier molecular flexibility index (Phi) is 5.95. The fraction of sp³-hybridized carbons (Fsp3) is 0.0588. The van der Waals surface area contributed by atoms with Crippen molar-refractivity contribution in [2.75, 3.05) is 17.1 Å². The van der Waals surface area contributed by atoms with Gasteiger partial charge in [-0.1, -0.05) is 15.9 Å². The number of carbonyl (C=O) groups excluding carboxylic acids is 1. The second kappa shape index (κ2) is 8.37. The average Bonchev–Trinajstić information content (AvgIpc) is 3.16. The van der Waals surface area contributed by atoms with Crippen LogP contribution < -0.4 is 14.8 Å². The molecule has 1 heterocycles. The SMILES string of the molecule is COc1ccc(NC(=O)c2nccs2)cc1SNc1ccc(Br)cc1. The average molecular weight is 436 g/mol. The van der Waals surface area contributed by atoms with E-state index in [4.69, 9.17) is 4.74 Å². The first-order valence-electron chi connectivity index (χ1n) is 7.23. The molecule has 25 heavy (non-hydrogen) atoms. The first kappa shape index (κ1) is 17.8. The molecule has 2 N–H and O–H groups in total. The van der Waals surface area contributed by atoms with Crippen LogP contribution in [0.3, 0.4) is 0 Å². The third-order valence-corrected chi connectivity index (χ3v) is 5.35. The fourth-order valence-electron chi connectivity index (χ4n) is 1.99. The highest BCUT2D eigenvalue weighted by Gasteiger charge is 2.11. The second-order valence-corrected chi connectivity index (χ2v) is 7.53. The molecular weight excluding hydrogens is 422 g/mol. The van der Waals surface area contributed by atoms with E-state index in [9.17, 15) is 4.79 Å². The number of amides is 1. The number of anilines is 2. The number of hydrogen-bond donors (Lipinski definition) is 2. The number of halogens is 1. The molecule has 0 aliphatic carbocycles. The Morgan fingerprint density at radius 2 is 1.96 bits per heavy atom. The summed E-state index contributed by atoms with van der Waals surface area (Å²) in [5.74, 6) is 0.499. The fourth-order valence-corrected chi connectivity index (χ4v) is 3.58. The minimum atomic E-state index is -0.225. The molecule has 128 valence electrons. The van der Waals surface area contributed by atoms with E-state index < -0.39 is 0 Å². The van der Waals surface area contributed by atoms with Crippen LogP contribution in [-0.4, -0.2) is 18.0 Å². The van der Waals surface area contributed by atoms with Gasteiger partial charge in [-0.3, -0.25) is 4.79 Å². The lowest BCUT2D eigenvalue weighted by molar-refractivity contribution is 0.102. The lowest BCUT2D eigenvalue weighted by Gasteiger charge is -2.12. The number of aromatic nitrogens is 1. The Labute approximate surface area is 162 Å². The van der Waals surface area contributed by atoms with Crippen molar-refractivity contribution in [2.24, 2.45) is 0 Å². The zero-order chi connectivity index (χ0) is 17.6. The molecule has 0 saturated heterocycles. The number of carbonyl (C=O) groups is 1. The van der Waals surface area contributed by atoms with Crippen LogP contribution in [0.2, 0.25) is 0 Å². The number of nitrogens with one attached hydrogen (secondary N) is 2. The van der Waals surface area contributed by atoms with Gasteiger partial charge in [-0.05, 0) is 54.4 Å². The molecule has 0 saturated carbocycles. The van der Waals surface area contributed by atoms with Gasteiger partial charge in [0.25, 0.3) is 5.91 Å². The summed E-state index contributed by atoms with van der Waals surface area (Å²) in [6, 6.07) is 13.4. The van der Waals surface area contributed by atoms with Gasteiger partial charge in [0.05, 0.1) is 12.0 Å². The van der Waals surface area contributed by atoms with Crippen LogP contribution in [0, 0.1) is 0 Å². The summed E-state index contributed by atoms with van der Waals surface area (Å²) in [6.07, 6.45) is 1.61. The molecule has 0 bridgehead atoms. The van der Waals surface area contributed by atoms with Gasteiger partial charge >= 0.3 is 0 Å². The highest BCUT2D eigenvalue weighted by molar-refractivity contribution is 9.10. The molecule has 0 spiro atoms. The Morgan fingerprint density at radius 3 is 2.64 bits per heavy atom. The molecule has 0 aliphatic heterocycles. The number of ether oxygens (including phenoxy) is 1. The van der Waals surface area contributed by atoms with Crippen LogP contribution in [0.25, 0.3) is 0 Å². The lowest BCUT2D eigenvalue weighted by atomic mass is 10.3. The van der Waals surface area contributed by atoms with Crippen LogP contribution in [0.5, 0.6) is 5.75 Å². The number of hydrogen-bond acceptors (Lipinski definition) is 6. The molecule has 1 amide bonds.